The van der Waals surface area contributed by atoms with E-state index in [-0.39, 0.29) is 91.1 Å². The molecule has 120 heavy (non-hydrogen) atoms. The summed E-state index contributed by atoms with van der Waals surface area (Å²) in [5.41, 5.74) is 5.04. The number of hydrogen-bond donors (Lipinski definition) is 1. The highest BCUT2D eigenvalue weighted by Gasteiger charge is 2.52. The Morgan fingerprint density at radius 3 is 0.742 bits per heavy atom. The van der Waals surface area contributed by atoms with E-state index in [0.717, 1.165) is 86.9 Å². The minimum Gasteiger partial charge on any atom is -0.323 e. The number of hydrogen-bond acceptors (Lipinski definition) is 11. The molecule has 0 aromatic carbocycles. The molecule has 0 aromatic rings. The Bertz CT molecular complexity index is 2370. The summed E-state index contributed by atoms with van der Waals surface area (Å²) in [5.74, 6) is -0.134. The van der Waals surface area contributed by atoms with Crippen molar-refractivity contribution in [3.05, 3.63) is 0 Å². The van der Waals surface area contributed by atoms with Gasteiger partial charge in [-0.15, -0.1) is 0 Å². The van der Waals surface area contributed by atoms with Crippen LogP contribution in [0.2, 0.25) is 0 Å². The fourth-order valence-electron chi connectivity index (χ4n) is 17.9. The first-order valence-corrected chi connectivity index (χ1v) is 48.6. The van der Waals surface area contributed by atoms with Gasteiger partial charge in [0.25, 0.3) is 11.8 Å². The van der Waals surface area contributed by atoms with Crippen LogP contribution in [0.25, 0.3) is 0 Å². The summed E-state index contributed by atoms with van der Waals surface area (Å²) in [7, 11) is 0. The molecule has 10 heterocycles. The quantitative estimate of drug-likeness (QED) is 0.0937. The van der Waals surface area contributed by atoms with Gasteiger partial charge in [0.15, 0.2) is 0 Å². The summed E-state index contributed by atoms with van der Waals surface area (Å²) >= 11 is 0. The fraction of sp³-hybridized carbons (Fsp3) is 1.00. The molecule has 10 aliphatic heterocycles. The summed E-state index contributed by atoms with van der Waals surface area (Å²) < 4.78 is 137. The third kappa shape index (κ3) is 36.3. The van der Waals surface area contributed by atoms with Gasteiger partial charge in [-0.25, -0.2) is 36.1 Å². The molecular formula is C99H199F10N11. The van der Waals surface area contributed by atoms with Gasteiger partial charge in [0.05, 0.1) is 13.1 Å². The number of nitrogens with zero attached hydrogens (tertiary/aromatic N) is 10. The van der Waals surface area contributed by atoms with Crippen LogP contribution < -0.4 is 5.73 Å². The average molecular weight is 1730 g/mol. The highest BCUT2D eigenvalue weighted by Crippen LogP contribution is 2.44. The molecule has 0 aromatic heterocycles. The molecule has 2 N–H and O–H groups in total. The van der Waals surface area contributed by atoms with Crippen molar-refractivity contribution in [2.24, 2.45) is 99.9 Å². The maximum Gasteiger partial charge on any atom is 0.305 e. The van der Waals surface area contributed by atoms with Crippen LogP contribution in [-0.4, -0.2) is 268 Å². The maximum atomic E-state index is 13.7. The Morgan fingerprint density at radius 1 is 0.258 bits per heavy atom. The first kappa shape index (κ1) is 117. The summed E-state index contributed by atoms with van der Waals surface area (Å²) in [6.07, 6.45) is 4.55. The molecule has 0 radical (unpaired) electrons. The standard InChI is InChI=1S/4C11H21F2N.C10H21N.2C9H18FN.C9H20N2.2C9H19N/c2*1-8(2)10-5-6-14(9(3)4)7-11(10,12)13;2*1-8(2)10-5-6-14(9(3)4)11(12,13)7-10;1-8(2)10(5)6-11(7-10)9(3)4;3*1-7(2)9(10)5-11(6-9)8(3)4;1-7(2)9-5-10(6-9)8(3)4;1-7(2)9-5-6-10(9)8(3)4/h4*8-10H,5-7H2,1-4H3;8-9H,6-7H2,1-5H3;2*7-8H,5-6H2,1-4H3;7-8H,5-6,10H2,1-4H3;2*7-9H,5-6H2,1-4H3. The van der Waals surface area contributed by atoms with Crippen molar-refractivity contribution >= 4 is 0 Å². The smallest absolute Gasteiger partial charge is 0.305 e. The predicted octanol–water partition coefficient (Wildman–Crippen LogP) is 24.4. The Morgan fingerprint density at radius 2 is 0.550 bits per heavy atom. The monoisotopic (exact) mass is 1730 g/mol. The fourth-order valence-corrected chi connectivity index (χ4v) is 17.9. The minimum absolute atomic E-state index is 0.0306. The van der Waals surface area contributed by atoms with E-state index in [1.54, 1.807) is 0 Å². The molecule has 10 saturated heterocycles. The van der Waals surface area contributed by atoms with Crippen molar-refractivity contribution in [3.63, 3.8) is 0 Å². The van der Waals surface area contributed by atoms with Gasteiger partial charge in [0.1, 0.15) is 11.3 Å². The van der Waals surface area contributed by atoms with E-state index in [9.17, 15) is 43.9 Å². The third-order valence-corrected chi connectivity index (χ3v) is 29.6. The lowest BCUT2D eigenvalue weighted by Crippen LogP contribution is -2.71. The van der Waals surface area contributed by atoms with Crippen molar-refractivity contribution in [3.8, 4) is 0 Å². The van der Waals surface area contributed by atoms with Gasteiger partial charge < -0.3 is 10.6 Å². The highest BCUT2D eigenvalue weighted by atomic mass is 19.3. The van der Waals surface area contributed by atoms with Crippen molar-refractivity contribution in [2.75, 3.05) is 111 Å². The zero-order valence-corrected chi connectivity index (χ0v) is 85.8. The van der Waals surface area contributed by atoms with E-state index in [1.807, 2.05) is 148 Å². The number of halogens is 10. The second-order valence-electron chi connectivity index (χ2n) is 45.4. The molecule has 0 saturated carbocycles. The van der Waals surface area contributed by atoms with Crippen LogP contribution in [0.15, 0.2) is 0 Å². The second-order valence-corrected chi connectivity index (χ2v) is 45.4. The molecule has 10 rings (SSSR count). The van der Waals surface area contributed by atoms with Gasteiger partial charge in [0.2, 0.25) is 0 Å². The molecule has 5 unspecified atom stereocenters. The van der Waals surface area contributed by atoms with E-state index >= 15 is 0 Å². The summed E-state index contributed by atoms with van der Waals surface area (Å²) in [6.45, 7) is 99.9. The molecule has 720 valence electrons. The number of rotatable bonds is 20. The molecule has 0 aliphatic carbocycles. The molecular weight excluding hydrogens is 1530 g/mol. The molecule has 11 nitrogen and oxygen atoms in total. The molecule has 5 atom stereocenters. The summed E-state index contributed by atoms with van der Waals surface area (Å²) in [4.78, 5) is 20.8. The van der Waals surface area contributed by atoms with Crippen LogP contribution in [0.1, 0.15) is 329 Å². The largest absolute Gasteiger partial charge is 0.323 e. The van der Waals surface area contributed by atoms with Crippen LogP contribution in [0.3, 0.4) is 0 Å². The highest BCUT2D eigenvalue weighted by molar-refractivity contribution is 5.04. The summed E-state index contributed by atoms with van der Waals surface area (Å²) in [5, 5.41) is 0. The molecule has 21 heteroatoms. The van der Waals surface area contributed by atoms with Crippen LogP contribution in [-0.2, 0) is 0 Å². The molecule has 0 spiro atoms. The Kier molecular flexibility index (Phi) is 49.0. The van der Waals surface area contributed by atoms with Crippen LogP contribution >= 0.6 is 0 Å². The third-order valence-electron chi connectivity index (χ3n) is 29.6. The molecule has 0 bridgehead atoms. The number of piperidine rings is 4. The second kappa shape index (κ2) is 50.3. The number of nitrogens with two attached hydrogens (primary N) is 1. The van der Waals surface area contributed by atoms with E-state index < -0.39 is 47.1 Å². The van der Waals surface area contributed by atoms with Crippen LogP contribution in [0.4, 0.5) is 43.9 Å². The van der Waals surface area contributed by atoms with Gasteiger partial charge in [0, 0.05) is 182 Å². The Labute approximate surface area is 736 Å². The van der Waals surface area contributed by atoms with Crippen LogP contribution in [0, 0.1) is 94.2 Å². The lowest BCUT2D eigenvalue weighted by atomic mass is 9.72. The Hall–Kier alpha value is -1.14. The van der Waals surface area contributed by atoms with E-state index in [4.69, 9.17) is 5.73 Å². The van der Waals surface area contributed by atoms with Gasteiger partial charge in [-0.3, -0.25) is 34.3 Å². The van der Waals surface area contributed by atoms with Crippen molar-refractivity contribution < 1.29 is 43.9 Å². The van der Waals surface area contributed by atoms with E-state index in [2.05, 4.69) is 175 Å². The molecule has 10 fully saturated rings. The van der Waals surface area contributed by atoms with E-state index in [0.29, 0.717) is 93.4 Å². The summed E-state index contributed by atoms with van der Waals surface area (Å²) in [6, 6.07) is -0.0688. The normalized spacial score (nSPS) is 26.4. The first-order valence-electron chi connectivity index (χ1n) is 48.6. The number of likely N-dealkylation sites (tertiary alicyclic amines) is 10. The van der Waals surface area contributed by atoms with Gasteiger partial charge in [-0.1, -0.05) is 145 Å². The van der Waals surface area contributed by atoms with Gasteiger partial charge in [-0.05, 0) is 266 Å². The lowest BCUT2D eigenvalue weighted by molar-refractivity contribution is -0.196. The van der Waals surface area contributed by atoms with Gasteiger partial charge in [-0.2, -0.15) is 17.6 Å². The van der Waals surface area contributed by atoms with Crippen molar-refractivity contribution in [1.29, 1.82) is 0 Å². The molecule has 0 amide bonds. The zero-order valence-electron chi connectivity index (χ0n) is 85.8. The van der Waals surface area contributed by atoms with Crippen molar-refractivity contribution in [1.82, 2.24) is 49.0 Å². The van der Waals surface area contributed by atoms with E-state index in [1.165, 1.54) is 48.9 Å². The lowest BCUT2D eigenvalue weighted by Gasteiger charge is -2.52. The van der Waals surface area contributed by atoms with Gasteiger partial charge >= 0.3 is 12.1 Å². The topological polar surface area (TPSA) is 58.4 Å². The average Bonchev–Trinajstić information content (AvgIpc) is 0.783. The minimum atomic E-state index is -2.60. The SMILES string of the molecule is CC(C)C1CCN(C(C)C)C(F)(F)C1.CC(C)C1CCN(C(C)C)C(F)(F)C1.CC(C)C1CCN(C(C)C)CC1(F)F.CC(C)C1CCN(C(C)C)CC1(F)F.CC(C)C1CCN1C(C)C.CC(C)C1CN(C(C)C)C1.CC(C)N1CC(C)(C(C)C)C1.CC(C)N1CC(F)(C(C)C)C1.CC(C)N1CC(F)(C(C)C)C1.CC(C)N1CC(N)(C(C)C)C1. The molecule has 10 aliphatic rings. The number of alkyl halides is 10. The predicted molar refractivity (Wildman–Crippen MR) is 497 cm³/mol. The Balaban J connectivity index is 0.000000668. The zero-order chi connectivity index (χ0) is 93.8. The maximum absolute atomic E-state index is 13.7. The first-order chi connectivity index (χ1) is 54.4. The van der Waals surface area contributed by atoms with Crippen LogP contribution in [0.5, 0.6) is 0 Å². The van der Waals surface area contributed by atoms with Crippen molar-refractivity contribution in [2.45, 2.75) is 436 Å².